The average molecular weight is 410 g/mol. The fourth-order valence-electron chi connectivity index (χ4n) is 4.42. The molecule has 1 unspecified atom stereocenters. The van der Waals surface area contributed by atoms with Crippen LogP contribution < -0.4 is 0 Å². The Morgan fingerprint density at radius 3 is 2.26 bits per heavy atom. The van der Waals surface area contributed by atoms with Gasteiger partial charge in [0.05, 0.1) is 0 Å². The van der Waals surface area contributed by atoms with E-state index in [1.807, 2.05) is 83.9 Å². The van der Waals surface area contributed by atoms with Gasteiger partial charge in [-0.1, -0.05) is 60.7 Å². The summed E-state index contributed by atoms with van der Waals surface area (Å²) in [6.45, 7) is 1.38. The molecular weight excluding hydrogens is 387 g/mol. The number of rotatable bonds is 3. The predicted octanol–water partition coefficient (Wildman–Crippen LogP) is 5.93. The Bertz CT molecular complexity index is 1200. The summed E-state index contributed by atoms with van der Waals surface area (Å²) in [5, 5.41) is 0. The fourth-order valence-corrected chi connectivity index (χ4v) is 4.42. The molecule has 1 atom stereocenters. The maximum Gasteiger partial charge on any atom is 0.254 e. The van der Waals surface area contributed by atoms with Gasteiger partial charge < -0.3 is 9.47 Å². The largest absolute Gasteiger partial charge is 0.349 e. The molecule has 31 heavy (non-hydrogen) atoms. The van der Waals surface area contributed by atoms with Gasteiger partial charge in [-0.2, -0.15) is 0 Å². The zero-order valence-corrected chi connectivity index (χ0v) is 17.1. The van der Waals surface area contributed by atoms with E-state index in [2.05, 4.69) is 4.57 Å². The van der Waals surface area contributed by atoms with Crippen LogP contribution in [-0.4, -0.2) is 21.9 Å². The lowest BCUT2D eigenvalue weighted by molar-refractivity contribution is 0.0707. The van der Waals surface area contributed by atoms with Gasteiger partial charge >= 0.3 is 0 Å². The summed E-state index contributed by atoms with van der Waals surface area (Å²) >= 11 is 0. The molecule has 154 valence electrons. The third-order valence-corrected chi connectivity index (χ3v) is 5.95. The first kappa shape index (κ1) is 19.3. The zero-order chi connectivity index (χ0) is 21.2. The van der Waals surface area contributed by atoms with E-state index in [1.54, 1.807) is 12.1 Å². The number of hydrogen-bond donors (Lipinski definition) is 0. The molecule has 1 amide bonds. The predicted molar refractivity (Wildman–Crippen MR) is 120 cm³/mol. The van der Waals surface area contributed by atoms with Crippen LogP contribution in [0.5, 0.6) is 0 Å². The molecule has 1 aliphatic rings. The van der Waals surface area contributed by atoms with Gasteiger partial charge in [-0.3, -0.25) is 4.79 Å². The quantitative estimate of drug-likeness (QED) is 0.411. The minimum absolute atomic E-state index is 0.0810. The number of amides is 1. The van der Waals surface area contributed by atoms with Gasteiger partial charge in [0.1, 0.15) is 11.9 Å². The molecule has 4 heteroatoms. The molecule has 3 aromatic carbocycles. The van der Waals surface area contributed by atoms with Gasteiger partial charge in [0.15, 0.2) is 0 Å². The van der Waals surface area contributed by atoms with Crippen LogP contribution in [0.1, 0.15) is 34.1 Å². The van der Waals surface area contributed by atoms with Crippen LogP contribution in [0.15, 0.2) is 97.2 Å². The molecule has 1 aromatic heterocycles. The molecule has 0 fully saturated rings. The number of halogens is 1. The van der Waals surface area contributed by atoms with Crippen molar-refractivity contribution in [2.45, 2.75) is 19.0 Å². The van der Waals surface area contributed by atoms with Crippen LogP contribution in [0.2, 0.25) is 0 Å². The molecule has 0 bridgehead atoms. The van der Waals surface area contributed by atoms with Crippen molar-refractivity contribution in [3.63, 3.8) is 0 Å². The van der Waals surface area contributed by atoms with Crippen LogP contribution >= 0.6 is 0 Å². The normalized spacial score (nSPS) is 15.9. The van der Waals surface area contributed by atoms with Crippen LogP contribution in [0.25, 0.3) is 11.1 Å². The summed E-state index contributed by atoms with van der Waals surface area (Å²) < 4.78 is 17.0. The molecule has 2 heterocycles. The number of carbonyl (C=O) groups is 1. The van der Waals surface area contributed by atoms with E-state index >= 15 is 0 Å². The molecule has 4 aromatic rings. The summed E-state index contributed by atoms with van der Waals surface area (Å²) in [4.78, 5) is 15.4. The standard InChI is InChI=1S/C27H23FN2O/c28-24-11-5-4-10-23(24)26-25-12-6-17-29(25)18-7-19-30(26)27(31)22-15-13-21(14-16-22)20-8-2-1-3-9-20/h1-6,8-17,26H,7,18-19H2. The first-order valence-corrected chi connectivity index (χ1v) is 10.6. The van der Waals surface area contributed by atoms with E-state index in [1.165, 1.54) is 6.07 Å². The van der Waals surface area contributed by atoms with Gasteiger partial charge in [0.2, 0.25) is 0 Å². The number of aromatic nitrogens is 1. The highest BCUT2D eigenvalue weighted by atomic mass is 19.1. The van der Waals surface area contributed by atoms with Crippen molar-refractivity contribution < 1.29 is 9.18 Å². The van der Waals surface area contributed by atoms with Gasteiger partial charge in [-0.15, -0.1) is 0 Å². The van der Waals surface area contributed by atoms with E-state index in [0.717, 1.165) is 29.8 Å². The second-order valence-electron chi connectivity index (χ2n) is 7.85. The molecule has 0 saturated heterocycles. The van der Waals surface area contributed by atoms with E-state index in [9.17, 15) is 9.18 Å². The minimum Gasteiger partial charge on any atom is -0.349 e. The number of benzene rings is 3. The second-order valence-corrected chi connectivity index (χ2v) is 7.85. The first-order valence-electron chi connectivity index (χ1n) is 10.6. The second kappa shape index (κ2) is 8.23. The van der Waals surface area contributed by atoms with Crippen LogP contribution in [-0.2, 0) is 6.54 Å². The Kier molecular flexibility index (Phi) is 5.13. The number of nitrogens with zero attached hydrogens (tertiary/aromatic N) is 2. The molecule has 1 aliphatic heterocycles. The topological polar surface area (TPSA) is 25.2 Å². The van der Waals surface area contributed by atoms with Gasteiger partial charge in [0, 0.05) is 36.1 Å². The summed E-state index contributed by atoms with van der Waals surface area (Å²) in [6.07, 6.45) is 2.83. The fraction of sp³-hybridized carbons (Fsp3) is 0.148. The molecule has 0 saturated carbocycles. The Hall–Kier alpha value is -3.66. The van der Waals surface area contributed by atoms with E-state index in [-0.39, 0.29) is 11.7 Å². The maximum absolute atomic E-state index is 14.8. The molecular formula is C27H23FN2O. The van der Waals surface area contributed by atoms with E-state index in [0.29, 0.717) is 17.7 Å². The highest BCUT2D eigenvalue weighted by molar-refractivity contribution is 5.95. The smallest absolute Gasteiger partial charge is 0.254 e. The summed E-state index contributed by atoms with van der Waals surface area (Å²) in [6, 6.07) is 28.0. The van der Waals surface area contributed by atoms with Gasteiger partial charge in [-0.25, -0.2) is 4.39 Å². The maximum atomic E-state index is 14.8. The number of fused-ring (bicyclic) bond motifs is 1. The molecule has 0 spiro atoms. The lowest BCUT2D eigenvalue weighted by Gasteiger charge is -2.31. The lowest BCUT2D eigenvalue weighted by Crippen LogP contribution is -2.36. The van der Waals surface area contributed by atoms with Crippen LogP contribution in [0.4, 0.5) is 4.39 Å². The van der Waals surface area contributed by atoms with Gasteiger partial charge in [-0.05, 0) is 47.9 Å². The Morgan fingerprint density at radius 1 is 0.774 bits per heavy atom. The number of carbonyl (C=O) groups excluding carboxylic acids is 1. The number of aryl methyl sites for hydroxylation is 1. The monoisotopic (exact) mass is 410 g/mol. The SMILES string of the molecule is O=C(c1ccc(-c2ccccc2)cc1)N1CCCn2cccc2C1c1ccccc1F. The van der Waals surface area contributed by atoms with Crippen LogP contribution in [0, 0.1) is 5.82 Å². The summed E-state index contributed by atoms with van der Waals surface area (Å²) in [5.41, 5.74) is 4.25. The van der Waals surface area contributed by atoms with Crippen molar-refractivity contribution in [3.05, 3.63) is 120 Å². The Labute approximate surface area is 181 Å². The third kappa shape index (κ3) is 3.66. The highest BCUT2D eigenvalue weighted by Gasteiger charge is 2.32. The highest BCUT2D eigenvalue weighted by Crippen LogP contribution is 2.34. The Balaban J connectivity index is 1.53. The Morgan fingerprint density at radius 2 is 1.48 bits per heavy atom. The summed E-state index contributed by atoms with van der Waals surface area (Å²) in [7, 11) is 0. The van der Waals surface area contributed by atoms with Crippen LogP contribution in [0.3, 0.4) is 0 Å². The van der Waals surface area contributed by atoms with Crippen molar-refractivity contribution in [1.82, 2.24) is 9.47 Å². The number of hydrogen-bond acceptors (Lipinski definition) is 1. The average Bonchev–Trinajstić information content (AvgIpc) is 3.20. The van der Waals surface area contributed by atoms with Crippen molar-refractivity contribution in [3.8, 4) is 11.1 Å². The van der Waals surface area contributed by atoms with Crippen molar-refractivity contribution in [2.24, 2.45) is 0 Å². The van der Waals surface area contributed by atoms with Gasteiger partial charge in [0.25, 0.3) is 5.91 Å². The minimum atomic E-state index is -0.458. The first-order chi connectivity index (χ1) is 15.2. The van der Waals surface area contributed by atoms with E-state index in [4.69, 9.17) is 0 Å². The lowest BCUT2D eigenvalue weighted by atomic mass is 9.99. The molecule has 0 N–H and O–H groups in total. The molecule has 0 radical (unpaired) electrons. The van der Waals surface area contributed by atoms with Crippen molar-refractivity contribution in [1.29, 1.82) is 0 Å². The molecule has 0 aliphatic carbocycles. The third-order valence-electron chi connectivity index (χ3n) is 5.95. The van der Waals surface area contributed by atoms with Crippen molar-refractivity contribution >= 4 is 5.91 Å². The van der Waals surface area contributed by atoms with Crippen molar-refractivity contribution in [2.75, 3.05) is 6.54 Å². The molecule has 3 nitrogen and oxygen atoms in total. The zero-order valence-electron chi connectivity index (χ0n) is 17.1. The summed E-state index contributed by atoms with van der Waals surface area (Å²) in [5.74, 6) is -0.373. The molecule has 5 rings (SSSR count). The van der Waals surface area contributed by atoms with E-state index < -0.39 is 6.04 Å².